The number of β-amino-alcohol motifs (C(OH)–C–C–N with tert-alkyl or cyclic N) is 1. The minimum absolute atomic E-state index is 0.00820. The van der Waals surface area contributed by atoms with Crippen molar-refractivity contribution in [2.75, 3.05) is 25.4 Å². The number of anilines is 1. The van der Waals surface area contributed by atoms with Crippen molar-refractivity contribution in [3.8, 4) is 28.3 Å². The van der Waals surface area contributed by atoms with Crippen LogP contribution in [0.25, 0.3) is 22.5 Å². The van der Waals surface area contributed by atoms with Crippen molar-refractivity contribution >= 4 is 23.5 Å². The number of likely N-dealkylation sites (tertiary alicyclic amines) is 2. The molecule has 11 rings (SSSR count). The molecule has 3 aromatic heterocycles. The number of nitrogens with two attached hydrogens (primary N) is 1. The van der Waals surface area contributed by atoms with Gasteiger partial charge in [0.15, 0.2) is 0 Å². The van der Waals surface area contributed by atoms with E-state index in [1.54, 1.807) is 12.3 Å². The molecule has 2 aromatic carbocycles. The molecular weight excluding hydrogens is 931 g/mol. The van der Waals surface area contributed by atoms with Crippen molar-refractivity contribution in [3.63, 3.8) is 0 Å². The summed E-state index contributed by atoms with van der Waals surface area (Å²) in [5.41, 5.74) is 12.7. The Kier molecular flexibility index (Phi) is 13.7. The van der Waals surface area contributed by atoms with Crippen LogP contribution in [-0.2, 0) is 39.9 Å². The number of aryl methyl sites for hydroxylation is 2. The number of para-hydroxylation sites is 1. The number of H-pyrrole nitrogens is 1. The normalized spacial score (nSPS) is 27.7. The van der Waals surface area contributed by atoms with Gasteiger partial charge in [0.2, 0.25) is 17.7 Å². The smallest absolute Gasteiger partial charge is 0.246 e. The number of aliphatic hydroxyl groups excluding tert-OH is 1. The predicted molar refractivity (Wildman–Crippen MR) is 283 cm³/mol. The second-order valence-electron chi connectivity index (χ2n) is 23.8. The summed E-state index contributed by atoms with van der Waals surface area (Å²) in [6.07, 6.45) is 17.6. The van der Waals surface area contributed by atoms with Crippen molar-refractivity contribution in [1.29, 1.82) is 0 Å². The van der Waals surface area contributed by atoms with Gasteiger partial charge in [-0.1, -0.05) is 57.2 Å². The second kappa shape index (κ2) is 20.2. The zero-order chi connectivity index (χ0) is 51.5. The van der Waals surface area contributed by atoms with E-state index in [1.807, 2.05) is 81.0 Å². The van der Waals surface area contributed by atoms with Gasteiger partial charge in [0.25, 0.3) is 0 Å². The van der Waals surface area contributed by atoms with Gasteiger partial charge in [-0.05, 0) is 154 Å². The average Bonchev–Trinajstić information content (AvgIpc) is 4.12. The third-order valence-corrected chi connectivity index (χ3v) is 18.1. The Bertz CT molecular complexity index is 2810. The van der Waals surface area contributed by atoms with Crippen molar-refractivity contribution in [2.45, 2.75) is 159 Å². The van der Waals surface area contributed by atoms with Crippen LogP contribution < -0.4 is 16.4 Å². The van der Waals surface area contributed by atoms with Gasteiger partial charge < -0.3 is 41.4 Å². The molecule has 8 heterocycles. The van der Waals surface area contributed by atoms with Crippen LogP contribution in [0, 0.1) is 17.3 Å². The van der Waals surface area contributed by atoms with Gasteiger partial charge in [-0.2, -0.15) is 5.10 Å². The van der Waals surface area contributed by atoms with Gasteiger partial charge in [-0.3, -0.25) is 24.0 Å². The molecule has 16 nitrogen and oxygen atoms in total. The highest BCUT2D eigenvalue weighted by atomic mass is 16.3. The maximum atomic E-state index is 14.3. The van der Waals surface area contributed by atoms with E-state index in [2.05, 4.69) is 49.0 Å². The number of aliphatic hydroxyl groups is 1. The summed E-state index contributed by atoms with van der Waals surface area (Å²) < 4.78 is 1.81. The quantitative estimate of drug-likeness (QED) is 0.0682. The molecule has 5 aromatic rings. The number of hydrogen-bond donors (Lipinski definition) is 6. The number of aromatic amines is 1. The number of nitrogen functional groups attached to an aromatic ring is 1. The Balaban J connectivity index is 0.617. The SMILES string of the molecule is Cn1nccc1-c1ccc(CNC(=O)[C@@H]2C[C@@H](O)CN2C(=O)[C@@H](NC(=O)C2CCC(N3CCC(c4cnc(C56CC7CC(CCc8cc(-c9ccccc9O)[nH]c8N)CC(C5)N76)nc4)CC3)CC2)C(C)(C)C)cc1. The molecule has 5 atom stereocenters. The van der Waals surface area contributed by atoms with E-state index in [1.165, 1.54) is 23.3 Å². The van der Waals surface area contributed by atoms with Crippen LogP contribution in [0.15, 0.2) is 79.3 Å². The molecule has 1 saturated carbocycles. The molecule has 0 spiro atoms. The summed E-state index contributed by atoms with van der Waals surface area (Å²) in [4.78, 5) is 62.2. The monoisotopic (exact) mass is 1010 g/mol. The highest BCUT2D eigenvalue weighted by Gasteiger charge is 2.67. The van der Waals surface area contributed by atoms with E-state index < -0.39 is 23.6 Å². The fourth-order valence-corrected chi connectivity index (χ4v) is 14.0. The minimum Gasteiger partial charge on any atom is -0.507 e. The predicted octanol–water partition coefficient (Wildman–Crippen LogP) is 6.79. The van der Waals surface area contributed by atoms with Crippen LogP contribution >= 0.6 is 0 Å². The van der Waals surface area contributed by atoms with Crippen LogP contribution in [-0.4, -0.2) is 123 Å². The molecule has 3 amide bonds. The van der Waals surface area contributed by atoms with E-state index in [9.17, 15) is 24.6 Å². The van der Waals surface area contributed by atoms with E-state index >= 15 is 0 Å². The number of nitrogens with one attached hydrogen (secondary N) is 3. The van der Waals surface area contributed by atoms with Gasteiger partial charge in [0.05, 0.1) is 23.0 Å². The molecule has 6 aliphatic rings. The highest BCUT2D eigenvalue weighted by molar-refractivity contribution is 5.93. The maximum Gasteiger partial charge on any atom is 0.246 e. The van der Waals surface area contributed by atoms with Crippen LogP contribution in [0.4, 0.5) is 5.82 Å². The summed E-state index contributed by atoms with van der Waals surface area (Å²) in [7, 11) is 1.89. The Hall–Kier alpha value is -6.10. The molecule has 1 aliphatic carbocycles. The number of piperidine rings is 3. The number of amides is 3. The number of phenols is 1. The Morgan fingerprint density at radius 2 is 1.59 bits per heavy atom. The van der Waals surface area contributed by atoms with Gasteiger partial charge in [-0.15, -0.1) is 0 Å². The lowest BCUT2D eigenvalue weighted by Crippen LogP contribution is -2.79. The molecule has 392 valence electrons. The number of carbonyl (C=O) groups excluding carboxylic acids is 3. The third kappa shape index (κ3) is 9.73. The molecule has 0 bridgehead atoms. The summed E-state index contributed by atoms with van der Waals surface area (Å²) in [5.74, 6) is 2.11. The summed E-state index contributed by atoms with van der Waals surface area (Å²) in [6, 6.07) is 19.3. The number of aromatic nitrogens is 5. The minimum atomic E-state index is -0.848. The third-order valence-electron chi connectivity index (χ3n) is 18.1. The first kappa shape index (κ1) is 50.1. The maximum absolute atomic E-state index is 14.3. The number of aromatic hydroxyl groups is 1. The summed E-state index contributed by atoms with van der Waals surface area (Å²) in [5, 5.41) is 31.5. The van der Waals surface area contributed by atoms with Crippen LogP contribution in [0.2, 0.25) is 0 Å². The first-order valence-electron chi connectivity index (χ1n) is 27.4. The topological polar surface area (TPSA) is 211 Å². The van der Waals surface area contributed by atoms with Crippen LogP contribution in [0.3, 0.4) is 0 Å². The molecule has 7 N–H and O–H groups in total. The molecule has 6 fully saturated rings. The van der Waals surface area contributed by atoms with Gasteiger partial charge >= 0.3 is 0 Å². The van der Waals surface area contributed by atoms with Crippen LogP contribution in [0.1, 0.15) is 126 Å². The zero-order valence-corrected chi connectivity index (χ0v) is 43.5. The Morgan fingerprint density at radius 3 is 2.26 bits per heavy atom. The number of nitrogens with zero attached hydrogens (tertiary/aromatic N) is 7. The van der Waals surface area contributed by atoms with E-state index in [0.29, 0.717) is 35.8 Å². The van der Waals surface area contributed by atoms with Crippen LogP contribution in [0.5, 0.6) is 5.75 Å². The number of hydrogen-bond acceptors (Lipinski definition) is 11. The molecule has 0 radical (unpaired) electrons. The van der Waals surface area contributed by atoms with E-state index in [0.717, 1.165) is 117 Å². The average molecular weight is 1010 g/mol. The van der Waals surface area contributed by atoms with Crippen molar-refractivity contribution in [2.24, 2.45) is 24.3 Å². The molecule has 5 saturated heterocycles. The lowest BCUT2D eigenvalue weighted by atomic mass is 9.57. The molecule has 16 heteroatoms. The number of phenolic OH excluding ortho intramolecular Hbond substituents is 1. The van der Waals surface area contributed by atoms with Crippen molar-refractivity contribution in [1.82, 2.24) is 50.1 Å². The second-order valence-corrected chi connectivity index (χ2v) is 23.8. The Labute approximate surface area is 434 Å². The zero-order valence-electron chi connectivity index (χ0n) is 43.5. The molecular formula is C58H75N11O5. The van der Waals surface area contributed by atoms with Gasteiger partial charge in [0.1, 0.15) is 29.5 Å². The highest BCUT2D eigenvalue weighted by Crippen LogP contribution is 2.62. The number of rotatable bonds is 14. The largest absolute Gasteiger partial charge is 0.507 e. The Morgan fingerprint density at radius 1 is 0.892 bits per heavy atom. The van der Waals surface area contributed by atoms with Crippen molar-refractivity contribution in [3.05, 3.63) is 102 Å². The standard InChI is InChI=1S/C58H75N11O5/c1-57(2,3)51(55(74)68-34-45(70)28-49(68)54(73)60-31-35-9-12-38(13-10-35)48-19-22-63-66(48)4)65-53(72)39-15-17-42(18-16-39)67-23-20-37(21-24-67)41-32-61-56(62-33-41)58-29-43-25-36(26-44(30-58)69(43)58)11-14-40-27-47(64-52(40)59)46-7-5-6-8-50(46)71/h5-10,12-13,19,22,27,32-33,36-37,39,42-45,49,51,64,70-71H,11,14-18,20-21,23-26,28-31,34,59H2,1-4H3,(H,60,73)(H,65,72)/t36?,39?,42?,43?,44?,45-,49+,51-,58?/m1/s1. The fourth-order valence-electron chi connectivity index (χ4n) is 14.0. The van der Waals surface area contributed by atoms with Gasteiger partial charge in [-0.25, -0.2) is 9.97 Å². The van der Waals surface area contributed by atoms with E-state index in [-0.39, 0.29) is 54.4 Å². The van der Waals surface area contributed by atoms with Gasteiger partial charge in [0, 0.05) is 74.8 Å². The first-order chi connectivity index (χ1) is 35.6. The fraction of sp³-hybridized carbons (Fsp3) is 0.552. The first-order valence-corrected chi connectivity index (χ1v) is 27.4. The lowest BCUT2D eigenvalue weighted by molar-refractivity contribution is -0.239. The molecule has 74 heavy (non-hydrogen) atoms. The van der Waals surface area contributed by atoms with Crippen molar-refractivity contribution < 1.29 is 24.6 Å². The molecule has 5 aliphatic heterocycles. The van der Waals surface area contributed by atoms with E-state index in [4.69, 9.17) is 15.7 Å². The lowest BCUT2D eigenvalue weighted by Gasteiger charge is -2.72. The summed E-state index contributed by atoms with van der Waals surface area (Å²) in [6.45, 7) is 8.16. The summed E-state index contributed by atoms with van der Waals surface area (Å²) >= 11 is 0. The number of carbonyl (C=O) groups is 3. The molecule has 2 unspecified atom stereocenters. The number of benzene rings is 2.